The highest BCUT2D eigenvalue weighted by Gasteiger charge is 2.22. The normalized spacial score (nSPS) is 13.2. The van der Waals surface area contributed by atoms with Gasteiger partial charge in [-0.15, -0.1) is 0 Å². The lowest BCUT2D eigenvalue weighted by molar-refractivity contribution is -0.230. The maximum atomic E-state index is 12.9. The second kappa shape index (κ2) is 55.7. The molecule has 0 heterocycles. The minimum atomic E-state index is -4.97. The molecule has 0 saturated heterocycles. The Hall–Kier alpha value is -1.52. The van der Waals surface area contributed by atoms with Crippen LogP contribution in [-0.2, 0) is 42.2 Å². The predicted molar refractivity (Wildman–Crippen MR) is 296 cm³/mol. The number of esters is 3. The number of rotatable bonds is 59. The first kappa shape index (κ1) is 70.5. The lowest BCUT2D eigenvalue weighted by Gasteiger charge is -2.26. The molecule has 0 amide bonds. The molecule has 0 aromatic rings. The van der Waals surface area contributed by atoms with E-state index in [1.165, 1.54) is 212 Å². The van der Waals surface area contributed by atoms with E-state index in [0.717, 1.165) is 57.8 Å². The topological polar surface area (TPSA) is 158 Å². The Bertz CT molecular complexity index is 1220. The number of ether oxygens (including phenoxy) is 3. The molecular weight excluding hydrogens is 928 g/mol. The third-order valence-electron chi connectivity index (χ3n) is 14.0. The summed E-state index contributed by atoms with van der Waals surface area (Å²) in [6, 6.07) is 0. The maximum absolute atomic E-state index is 12.9. The molecule has 0 aliphatic rings. The van der Waals surface area contributed by atoms with Crippen LogP contribution in [0.3, 0.4) is 0 Å². The summed E-state index contributed by atoms with van der Waals surface area (Å²) in [6.07, 6.45) is 53.1. The first-order chi connectivity index (χ1) is 35.1. The minimum absolute atomic E-state index is 0.164. The number of phosphoric acid groups is 1. The molecule has 12 heteroatoms. The Labute approximate surface area is 443 Å². The molecule has 3 atom stereocenters. The number of phosphoric ester groups is 1. The van der Waals surface area contributed by atoms with Crippen molar-refractivity contribution in [3.05, 3.63) is 0 Å². The highest BCUT2D eigenvalue weighted by Crippen LogP contribution is 2.38. The smallest absolute Gasteiger partial charge is 0.306 e. The van der Waals surface area contributed by atoms with E-state index in [1.807, 2.05) is 0 Å². The van der Waals surface area contributed by atoms with Crippen LogP contribution in [0.1, 0.15) is 329 Å². The van der Waals surface area contributed by atoms with Crippen molar-refractivity contribution < 1.29 is 52.2 Å². The molecule has 0 aromatic carbocycles. The zero-order valence-electron chi connectivity index (χ0n) is 47.4. The number of hydrogen-bond acceptors (Lipinski definition) is 11. The van der Waals surface area contributed by atoms with Crippen LogP contribution in [0, 0.1) is 0 Å². The van der Waals surface area contributed by atoms with Gasteiger partial charge in [-0.1, -0.05) is 290 Å². The fourth-order valence-electron chi connectivity index (χ4n) is 9.24. The third-order valence-corrected chi connectivity index (χ3v) is 14.9. The van der Waals surface area contributed by atoms with E-state index in [4.69, 9.17) is 23.3 Å². The molecule has 0 aliphatic heterocycles. The van der Waals surface area contributed by atoms with Crippen LogP contribution >= 0.6 is 7.82 Å². The molecule has 11 nitrogen and oxygen atoms in total. The molecule has 0 aromatic heterocycles. The Kier molecular flexibility index (Phi) is 54.5. The van der Waals surface area contributed by atoms with Gasteiger partial charge in [-0.3, -0.25) is 18.9 Å². The van der Waals surface area contributed by atoms with Crippen LogP contribution in [0.15, 0.2) is 0 Å². The van der Waals surface area contributed by atoms with E-state index in [1.54, 1.807) is 0 Å². The molecule has 1 unspecified atom stereocenters. The lowest BCUT2D eigenvalue weighted by Crippen LogP contribution is -2.31. The Morgan fingerprint density at radius 3 is 0.875 bits per heavy atom. The van der Waals surface area contributed by atoms with Gasteiger partial charge >= 0.3 is 17.9 Å². The summed E-state index contributed by atoms with van der Waals surface area (Å²) in [5, 5.41) is 10.3. The fraction of sp³-hybridized carbons (Fsp3) is 0.950. The summed E-state index contributed by atoms with van der Waals surface area (Å²) in [5.74, 6) is -1.40. The van der Waals surface area contributed by atoms with Crippen LogP contribution in [0.25, 0.3) is 0 Å². The average molecular weight is 1040 g/mol. The van der Waals surface area contributed by atoms with Gasteiger partial charge < -0.3 is 33.3 Å². The Balaban J connectivity index is 4.52. The third kappa shape index (κ3) is 54.7. The second-order valence-electron chi connectivity index (χ2n) is 21.3. The summed E-state index contributed by atoms with van der Waals surface area (Å²) in [5.41, 5.74) is 0. The highest BCUT2D eigenvalue weighted by atomic mass is 31.2. The first-order valence-corrected chi connectivity index (χ1v) is 32.4. The zero-order chi connectivity index (χ0) is 52.7. The SMILES string of the molecule is CCCCCCCCCCCCCCCCCC(=O)OC[C@H](O)COP(=O)([O-])OC[C@@H](COC(=O)CCCCCCCCCCCCCCCCC)OC(=O)CCCCCCCCCCCCCCCCC. The van der Waals surface area contributed by atoms with Gasteiger partial charge in [-0.05, 0) is 19.3 Å². The molecule has 1 N–H and O–H groups in total. The van der Waals surface area contributed by atoms with Crippen LogP contribution < -0.4 is 4.89 Å². The first-order valence-electron chi connectivity index (χ1n) is 30.9. The van der Waals surface area contributed by atoms with E-state index < -0.39 is 57.8 Å². The molecule has 0 radical (unpaired) electrons. The van der Waals surface area contributed by atoms with Crippen LogP contribution in [-0.4, -0.2) is 61.6 Å². The fourth-order valence-corrected chi connectivity index (χ4v) is 10.0. The van der Waals surface area contributed by atoms with Gasteiger partial charge in [0.25, 0.3) is 7.82 Å². The highest BCUT2D eigenvalue weighted by molar-refractivity contribution is 7.45. The van der Waals surface area contributed by atoms with E-state index in [0.29, 0.717) is 19.3 Å². The van der Waals surface area contributed by atoms with Gasteiger partial charge in [0.15, 0.2) is 6.10 Å². The van der Waals surface area contributed by atoms with Gasteiger partial charge in [0, 0.05) is 19.3 Å². The zero-order valence-corrected chi connectivity index (χ0v) is 48.3. The quantitative estimate of drug-likeness (QED) is 0.0267. The van der Waals surface area contributed by atoms with Crippen molar-refractivity contribution in [2.24, 2.45) is 0 Å². The number of aliphatic hydroxyl groups is 1. The molecule has 0 rings (SSSR count). The molecule has 0 aliphatic carbocycles. The van der Waals surface area contributed by atoms with Crippen molar-refractivity contribution in [1.82, 2.24) is 0 Å². The summed E-state index contributed by atoms with van der Waals surface area (Å²) in [7, 11) is -4.97. The van der Waals surface area contributed by atoms with Crippen LogP contribution in [0.5, 0.6) is 0 Å². The monoisotopic (exact) mass is 1040 g/mol. The number of hydrogen-bond donors (Lipinski definition) is 1. The van der Waals surface area contributed by atoms with Gasteiger partial charge in [-0.2, -0.15) is 0 Å². The molecule has 0 saturated carbocycles. The molecular formula is C60H116O11P-. The van der Waals surface area contributed by atoms with Crippen LogP contribution in [0.2, 0.25) is 0 Å². The van der Waals surface area contributed by atoms with Crippen molar-refractivity contribution in [1.29, 1.82) is 0 Å². The van der Waals surface area contributed by atoms with E-state index >= 15 is 0 Å². The van der Waals surface area contributed by atoms with Crippen LogP contribution in [0.4, 0.5) is 0 Å². The molecule has 428 valence electrons. The molecule has 0 fully saturated rings. The van der Waals surface area contributed by atoms with Gasteiger partial charge in [0.05, 0.1) is 13.2 Å². The van der Waals surface area contributed by atoms with Crippen molar-refractivity contribution >= 4 is 25.7 Å². The van der Waals surface area contributed by atoms with Gasteiger partial charge in [-0.25, -0.2) is 0 Å². The lowest BCUT2D eigenvalue weighted by atomic mass is 10.0. The Morgan fingerprint density at radius 1 is 0.347 bits per heavy atom. The summed E-state index contributed by atoms with van der Waals surface area (Å²) >= 11 is 0. The maximum Gasteiger partial charge on any atom is 0.306 e. The van der Waals surface area contributed by atoms with Crippen molar-refractivity contribution in [2.75, 3.05) is 26.4 Å². The number of aliphatic hydroxyl groups excluding tert-OH is 1. The molecule has 0 spiro atoms. The van der Waals surface area contributed by atoms with E-state index in [2.05, 4.69) is 20.8 Å². The number of carbonyl (C=O) groups is 3. The van der Waals surface area contributed by atoms with Crippen molar-refractivity contribution in [3.8, 4) is 0 Å². The molecule has 0 bridgehead atoms. The number of unbranched alkanes of at least 4 members (excludes halogenated alkanes) is 42. The van der Waals surface area contributed by atoms with E-state index in [9.17, 15) is 28.9 Å². The molecule has 72 heavy (non-hydrogen) atoms. The standard InChI is InChI=1S/C60H117O11P/c1-4-7-10-13-16-19-22-25-28-31-34-37-40-43-46-49-58(62)67-52-56(61)53-69-72(65,66)70-55-57(71-60(64)51-48-45-42-39-36-33-30-27-24-21-18-15-12-9-6-3)54-68-59(63)50-47-44-41-38-35-32-29-26-23-20-17-14-11-8-5-2/h56-57,61H,4-55H2,1-3H3,(H,65,66)/p-1/t56-,57+/m0/s1. The second-order valence-corrected chi connectivity index (χ2v) is 22.7. The summed E-state index contributed by atoms with van der Waals surface area (Å²) in [6.45, 7) is 4.72. The summed E-state index contributed by atoms with van der Waals surface area (Å²) in [4.78, 5) is 50.4. The van der Waals surface area contributed by atoms with E-state index in [-0.39, 0.29) is 25.9 Å². The largest absolute Gasteiger partial charge is 0.756 e. The van der Waals surface area contributed by atoms with Crippen molar-refractivity contribution in [2.45, 2.75) is 341 Å². The average Bonchev–Trinajstić information content (AvgIpc) is 3.37. The Morgan fingerprint density at radius 2 is 0.583 bits per heavy atom. The number of carbonyl (C=O) groups excluding carboxylic acids is 3. The van der Waals surface area contributed by atoms with Crippen molar-refractivity contribution in [3.63, 3.8) is 0 Å². The summed E-state index contributed by atoms with van der Waals surface area (Å²) < 4.78 is 38.8. The predicted octanol–water partition coefficient (Wildman–Crippen LogP) is 17.6. The minimum Gasteiger partial charge on any atom is -0.756 e. The van der Waals surface area contributed by atoms with Gasteiger partial charge in [0.2, 0.25) is 0 Å². The van der Waals surface area contributed by atoms with Gasteiger partial charge in [0.1, 0.15) is 19.3 Å².